The number of nitrogens with one attached hydrogen (secondary N) is 1. The van der Waals surface area contributed by atoms with Crippen LogP contribution >= 0.6 is 0 Å². The number of benzene rings is 1. The molecule has 1 saturated heterocycles. The molecule has 2 aromatic heterocycles. The van der Waals surface area contributed by atoms with Crippen LogP contribution in [0.2, 0.25) is 0 Å². The number of carbonyl (C=O) groups excluding carboxylic acids is 1. The standard InChI is InChI=1S/C27H27N5O5S/c1-28-24-12-18(10-11-29-24)21-9-6-17-4-3-5-20(17)22(21)13-25(33)31-38(34,35)26-14-23(27(36-2)15-37-16-27)32(30-26)19-7-8-19/h6,9-12,14,19H,3-5,7-8,13,15-16H2,2H3,(H,31,33). The second-order valence-electron chi connectivity index (χ2n) is 10.0. The van der Waals surface area contributed by atoms with E-state index < -0.39 is 21.5 Å². The van der Waals surface area contributed by atoms with Gasteiger partial charge in [-0.1, -0.05) is 18.7 Å². The van der Waals surface area contributed by atoms with Gasteiger partial charge in [-0.15, -0.1) is 4.98 Å². The van der Waals surface area contributed by atoms with Crippen LogP contribution in [0.25, 0.3) is 16.0 Å². The Morgan fingerprint density at radius 2 is 2.08 bits per heavy atom. The number of nitrogens with zero attached hydrogens (tertiary/aromatic N) is 4. The summed E-state index contributed by atoms with van der Waals surface area (Å²) in [6, 6.07) is 9.09. The Balaban J connectivity index is 1.30. The number of rotatable bonds is 8. The Kier molecular flexibility index (Phi) is 6.06. The van der Waals surface area contributed by atoms with Crippen LogP contribution in [0.5, 0.6) is 0 Å². The van der Waals surface area contributed by atoms with Crippen LogP contribution < -0.4 is 4.72 Å². The van der Waals surface area contributed by atoms with Crippen LogP contribution in [0.4, 0.5) is 5.82 Å². The third-order valence-electron chi connectivity index (χ3n) is 7.57. The SMILES string of the molecule is [C-]#[N+]c1cc(-c2ccc3c(c2CC(=O)NS(=O)(=O)c2cc(C4(OC)COC4)n(C4CC4)n2)CCC3)ccn1. The second-order valence-corrected chi connectivity index (χ2v) is 11.7. The number of ether oxygens (including phenoxy) is 2. The number of methoxy groups -OCH3 is 1. The second kappa shape index (κ2) is 9.31. The van der Waals surface area contributed by atoms with E-state index in [1.54, 1.807) is 30.1 Å². The first kappa shape index (κ1) is 24.7. The lowest BCUT2D eigenvalue weighted by Crippen LogP contribution is -2.49. The van der Waals surface area contributed by atoms with Crippen molar-refractivity contribution in [1.82, 2.24) is 19.5 Å². The van der Waals surface area contributed by atoms with Gasteiger partial charge in [0.2, 0.25) is 5.91 Å². The van der Waals surface area contributed by atoms with Crippen LogP contribution in [-0.4, -0.2) is 49.4 Å². The molecule has 0 atom stereocenters. The molecule has 1 aliphatic heterocycles. The number of sulfonamides is 1. The molecule has 196 valence electrons. The van der Waals surface area contributed by atoms with Gasteiger partial charge in [0.15, 0.2) is 10.6 Å². The Morgan fingerprint density at radius 1 is 1.26 bits per heavy atom. The zero-order valence-corrected chi connectivity index (χ0v) is 21.8. The van der Waals surface area contributed by atoms with Crippen molar-refractivity contribution in [3.05, 3.63) is 70.3 Å². The van der Waals surface area contributed by atoms with Gasteiger partial charge in [0.25, 0.3) is 15.8 Å². The van der Waals surface area contributed by atoms with Crippen molar-refractivity contribution in [3.8, 4) is 11.1 Å². The highest BCUT2D eigenvalue weighted by Gasteiger charge is 2.46. The van der Waals surface area contributed by atoms with Crippen molar-refractivity contribution < 1.29 is 22.7 Å². The number of amides is 1. The van der Waals surface area contributed by atoms with E-state index >= 15 is 0 Å². The maximum atomic E-state index is 13.3. The molecule has 0 spiro atoms. The highest BCUT2D eigenvalue weighted by Crippen LogP contribution is 2.42. The number of fused-ring (bicyclic) bond motifs is 1. The molecule has 38 heavy (non-hydrogen) atoms. The fourth-order valence-corrected chi connectivity index (χ4v) is 6.30. The maximum absolute atomic E-state index is 13.3. The minimum absolute atomic E-state index is 0.112. The van der Waals surface area contributed by atoms with E-state index in [1.807, 2.05) is 6.07 Å². The molecule has 1 N–H and O–H groups in total. The summed E-state index contributed by atoms with van der Waals surface area (Å²) in [7, 11) is -2.65. The van der Waals surface area contributed by atoms with Gasteiger partial charge in [0.05, 0.1) is 31.4 Å². The number of hydrogen-bond donors (Lipinski definition) is 1. The van der Waals surface area contributed by atoms with E-state index in [9.17, 15) is 13.2 Å². The van der Waals surface area contributed by atoms with Gasteiger partial charge >= 0.3 is 0 Å². The average molecular weight is 534 g/mol. The van der Waals surface area contributed by atoms with E-state index in [-0.39, 0.29) is 23.3 Å². The van der Waals surface area contributed by atoms with Gasteiger partial charge in [-0.25, -0.2) is 4.72 Å². The topological polar surface area (TPSA) is 117 Å². The quantitative estimate of drug-likeness (QED) is 0.442. The van der Waals surface area contributed by atoms with Gasteiger partial charge in [-0.05, 0) is 72.1 Å². The van der Waals surface area contributed by atoms with E-state index in [0.29, 0.717) is 18.9 Å². The smallest absolute Gasteiger partial charge is 0.283 e. The summed E-state index contributed by atoms with van der Waals surface area (Å²) in [5, 5.41) is 4.18. The Labute approximate surface area is 220 Å². The molecule has 2 fully saturated rings. The molecule has 3 aliphatic rings. The lowest BCUT2D eigenvalue weighted by atomic mass is 9.91. The zero-order chi connectivity index (χ0) is 26.5. The molecule has 6 rings (SSSR count). The van der Waals surface area contributed by atoms with Crippen LogP contribution in [0, 0.1) is 6.57 Å². The van der Waals surface area contributed by atoms with Gasteiger partial charge in [0, 0.05) is 13.2 Å². The van der Waals surface area contributed by atoms with Gasteiger partial charge < -0.3 is 14.3 Å². The molecule has 3 heterocycles. The first-order chi connectivity index (χ1) is 18.3. The summed E-state index contributed by atoms with van der Waals surface area (Å²) in [5.41, 5.74) is 4.51. The summed E-state index contributed by atoms with van der Waals surface area (Å²) in [6.45, 7) is 7.93. The number of aromatic nitrogens is 3. The van der Waals surface area contributed by atoms with Crippen LogP contribution in [-0.2, 0) is 49.2 Å². The summed E-state index contributed by atoms with van der Waals surface area (Å²) < 4.78 is 41.6. The number of pyridine rings is 1. The summed E-state index contributed by atoms with van der Waals surface area (Å²) in [6.07, 6.45) is 5.98. The molecule has 3 aromatic rings. The Hall–Kier alpha value is -3.59. The largest absolute Gasteiger partial charge is 0.374 e. The summed E-state index contributed by atoms with van der Waals surface area (Å²) in [4.78, 5) is 20.7. The molecule has 0 radical (unpaired) electrons. The van der Waals surface area contributed by atoms with E-state index in [0.717, 1.165) is 54.4 Å². The predicted molar refractivity (Wildman–Crippen MR) is 137 cm³/mol. The van der Waals surface area contributed by atoms with E-state index in [2.05, 4.69) is 25.7 Å². The van der Waals surface area contributed by atoms with Crippen molar-refractivity contribution >= 4 is 21.7 Å². The molecule has 2 aliphatic carbocycles. The minimum Gasteiger partial charge on any atom is -0.374 e. The van der Waals surface area contributed by atoms with E-state index in [1.165, 1.54) is 11.6 Å². The molecule has 1 amide bonds. The number of aryl methyl sites for hydroxylation is 1. The third-order valence-corrected chi connectivity index (χ3v) is 8.81. The van der Waals surface area contributed by atoms with Crippen molar-refractivity contribution in [2.45, 2.75) is 55.2 Å². The lowest BCUT2D eigenvalue weighted by molar-refractivity contribution is -0.206. The molecule has 0 unspecified atom stereocenters. The molecule has 1 saturated carbocycles. The molecular formula is C27H27N5O5S. The van der Waals surface area contributed by atoms with Crippen molar-refractivity contribution in [2.75, 3.05) is 20.3 Å². The predicted octanol–water partition coefficient (Wildman–Crippen LogP) is 3.24. The minimum atomic E-state index is -4.22. The normalized spacial score (nSPS) is 17.9. The molecule has 11 heteroatoms. The third kappa shape index (κ3) is 4.28. The van der Waals surface area contributed by atoms with Crippen LogP contribution in [0.15, 0.2) is 41.6 Å². The highest BCUT2D eigenvalue weighted by atomic mass is 32.2. The van der Waals surface area contributed by atoms with Crippen molar-refractivity contribution in [3.63, 3.8) is 0 Å². The molecule has 10 nitrogen and oxygen atoms in total. The highest BCUT2D eigenvalue weighted by molar-refractivity contribution is 7.90. The Bertz CT molecular complexity index is 1580. The maximum Gasteiger partial charge on any atom is 0.283 e. The molecular weight excluding hydrogens is 506 g/mol. The summed E-state index contributed by atoms with van der Waals surface area (Å²) >= 11 is 0. The number of hydrogen-bond acceptors (Lipinski definition) is 7. The van der Waals surface area contributed by atoms with Gasteiger partial charge in [-0.2, -0.15) is 13.5 Å². The fourth-order valence-electron chi connectivity index (χ4n) is 5.36. The first-order valence-corrected chi connectivity index (χ1v) is 14.1. The molecule has 1 aromatic carbocycles. The lowest BCUT2D eigenvalue weighted by Gasteiger charge is -2.40. The van der Waals surface area contributed by atoms with Crippen molar-refractivity contribution in [2.24, 2.45) is 0 Å². The van der Waals surface area contributed by atoms with Crippen LogP contribution in [0.3, 0.4) is 0 Å². The van der Waals surface area contributed by atoms with E-state index in [4.69, 9.17) is 16.0 Å². The van der Waals surface area contributed by atoms with Gasteiger partial charge in [0.1, 0.15) is 6.20 Å². The fraction of sp³-hybridized carbons (Fsp3) is 0.407. The zero-order valence-electron chi connectivity index (χ0n) is 20.9. The monoisotopic (exact) mass is 533 g/mol. The summed E-state index contributed by atoms with van der Waals surface area (Å²) in [5.74, 6) is -0.379. The van der Waals surface area contributed by atoms with Crippen LogP contribution in [0.1, 0.15) is 47.7 Å². The van der Waals surface area contributed by atoms with Crippen molar-refractivity contribution in [1.29, 1.82) is 0 Å². The number of carbonyl (C=O) groups is 1. The Morgan fingerprint density at radius 3 is 2.76 bits per heavy atom. The van der Waals surface area contributed by atoms with Gasteiger partial charge in [-0.3, -0.25) is 9.48 Å². The molecule has 0 bridgehead atoms. The average Bonchev–Trinajstić information content (AvgIpc) is 3.42. The first-order valence-electron chi connectivity index (χ1n) is 12.6.